The minimum absolute atomic E-state index is 0.0687. The van der Waals surface area contributed by atoms with Crippen LogP contribution in [0.2, 0.25) is 0 Å². The molecule has 5 atom stereocenters. The largest absolute Gasteiger partial charge is 0.480 e. The van der Waals surface area contributed by atoms with E-state index in [9.17, 15) is 44.1 Å². The molecule has 0 radical (unpaired) electrons. The van der Waals surface area contributed by atoms with Gasteiger partial charge in [-0.15, -0.1) is 0 Å². The summed E-state index contributed by atoms with van der Waals surface area (Å²) >= 11 is 0. The lowest BCUT2D eigenvalue weighted by Crippen LogP contribution is -2.60. The molecule has 0 aliphatic heterocycles. The molecule has 0 aromatic heterocycles. The van der Waals surface area contributed by atoms with Crippen LogP contribution in [0.15, 0.2) is 30.3 Å². The Morgan fingerprint density at radius 1 is 0.667 bits per heavy atom. The molecular weight excluding hydrogens is 556 g/mol. The van der Waals surface area contributed by atoms with Crippen molar-refractivity contribution in [3.05, 3.63) is 35.9 Å². The molecule has 0 bridgehead atoms. The normalized spacial score (nSPS) is 14.5. The van der Waals surface area contributed by atoms with Gasteiger partial charge in [0.2, 0.25) is 29.5 Å². The second-order valence-electron chi connectivity index (χ2n) is 9.77. The van der Waals surface area contributed by atoms with E-state index in [4.69, 9.17) is 10.8 Å². The van der Waals surface area contributed by atoms with Crippen molar-refractivity contribution in [2.75, 3.05) is 26.4 Å². The van der Waals surface area contributed by atoms with E-state index < -0.39 is 92.1 Å². The highest BCUT2D eigenvalue weighted by Crippen LogP contribution is 2.09. The molecule has 0 saturated heterocycles. The van der Waals surface area contributed by atoms with Crippen LogP contribution in [-0.2, 0) is 35.2 Å². The number of amides is 5. The number of carboxylic acids is 1. The summed E-state index contributed by atoms with van der Waals surface area (Å²) < 4.78 is 0. The van der Waals surface area contributed by atoms with E-state index in [2.05, 4.69) is 26.6 Å². The molecule has 0 heterocycles. The first-order valence-corrected chi connectivity index (χ1v) is 13.2. The molecule has 0 unspecified atom stereocenters. The number of benzene rings is 1. The lowest BCUT2D eigenvalue weighted by atomic mass is 10.0. The number of nitrogens with two attached hydrogens (primary N) is 1. The Morgan fingerprint density at radius 3 is 1.57 bits per heavy atom. The number of carbonyl (C=O) groups excluding carboxylic acids is 5. The number of hydrogen-bond donors (Lipinski definition) is 10. The first-order valence-electron chi connectivity index (χ1n) is 13.2. The van der Waals surface area contributed by atoms with Crippen LogP contribution < -0.4 is 32.3 Å². The van der Waals surface area contributed by atoms with E-state index in [0.29, 0.717) is 5.56 Å². The molecule has 0 spiro atoms. The minimum atomic E-state index is -1.60. The maximum absolute atomic E-state index is 13.4. The lowest BCUT2D eigenvalue weighted by Gasteiger charge is -2.26. The number of aliphatic hydroxyl groups excluding tert-OH is 3. The van der Waals surface area contributed by atoms with E-state index >= 15 is 0 Å². The van der Waals surface area contributed by atoms with Crippen LogP contribution in [0, 0.1) is 5.92 Å². The van der Waals surface area contributed by atoms with Crippen LogP contribution in [0.1, 0.15) is 25.8 Å². The molecule has 1 aromatic carbocycles. The Labute approximate surface area is 242 Å². The summed E-state index contributed by atoms with van der Waals surface area (Å²) in [7, 11) is 0. The second kappa shape index (κ2) is 18.3. The van der Waals surface area contributed by atoms with Crippen LogP contribution in [0.5, 0.6) is 0 Å². The van der Waals surface area contributed by atoms with Crippen LogP contribution in [0.3, 0.4) is 0 Å². The Morgan fingerprint density at radius 2 is 1.10 bits per heavy atom. The van der Waals surface area contributed by atoms with Crippen molar-refractivity contribution in [3.8, 4) is 0 Å². The fourth-order valence-electron chi connectivity index (χ4n) is 3.68. The summed E-state index contributed by atoms with van der Waals surface area (Å²) in [5, 5.41) is 49.1. The summed E-state index contributed by atoms with van der Waals surface area (Å²) in [4.78, 5) is 74.5. The number of carboxylic acid groups (broad SMARTS) is 1. The Kier molecular flexibility index (Phi) is 15.7. The fourth-order valence-corrected chi connectivity index (χ4v) is 3.68. The Bertz CT molecular complexity index is 1070. The topological polar surface area (TPSA) is 270 Å². The number of aliphatic hydroxyl groups is 3. The summed E-state index contributed by atoms with van der Waals surface area (Å²) in [5.74, 6) is -6.02. The molecule has 0 aliphatic carbocycles. The molecular formula is C26H40N6O10. The summed E-state index contributed by atoms with van der Waals surface area (Å²) in [6.45, 7) is 0.459. The second-order valence-corrected chi connectivity index (χ2v) is 9.77. The number of aliphatic carboxylic acids is 1. The van der Waals surface area contributed by atoms with Crippen LogP contribution in [0.25, 0.3) is 0 Å². The average molecular weight is 597 g/mol. The van der Waals surface area contributed by atoms with Crippen LogP contribution >= 0.6 is 0 Å². The predicted molar refractivity (Wildman–Crippen MR) is 147 cm³/mol. The Balaban J connectivity index is 3.17. The molecule has 0 aliphatic rings. The molecule has 42 heavy (non-hydrogen) atoms. The summed E-state index contributed by atoms with van der Waals surface area (Å²) in [6.07, 6.45) is 0.0223. The van der Waals surface area contributed by atoms with Crippen LogP contribution in [-0.4, -0.2) is 113 Å². The summed E-state index contributed by atoms with van der Waals surface area (Å²) in [5.41, 5.74) is 5.81. The third-order valence-electron chi connectivity index (χ3n) is 5.89. The third kappa shape index (κ3) is 12.2. The van der Waals surface area contributed by atoms with Gasteiger partial charge in [0.25, 0.3) is 0 Å². The van der Waals surface area contributed by atoms with Gasteiger partial charge in [-0.05, 0) is 17.9 Å². The zero-order valence-electron chi connectivity index (χ0n) is 23.4. The van der Waals surface area contributed by atoms with Crippen molar-refractivity contribution in [1.82, 2.24) is 26.6 Å². The van der Waals surface area contributed by atoms with Crippen molar-refractivity contribution in [3.63, 3.8) is 0 Å². The zero-order valence-corrected chi connectivity index (χ0v) is 23.4. The van der Waals surface area contributed by atoms with E-state index in [-0.39, 0.29) is 18.8 Å². The zero-order chi connectivity index (χ0) is 31.8. The van der Waals surface area contributed by atoms with E-state index in [1.807, 2.05) is 0 Å². The quantitative estimate of drug-likeness (QED) is 0.0774. The first kappa shape index (κ1) is 35.9. The number of rotatable bonds is 18. The minimum Gasteiger partial charge on any atom is -0.480 e. The molecule has 0 fully saturated rings. The molecule has 11 N–H and O–H groups in total. The van der Waals surface area contributed by atoms with Crippen LogP contribution in [0.4, 0.5) is 0 Å². The van der Waals surface area contributed by atoms with Crippen molar-refractivity contribution in [2.45, 2.75) is 56.9 Å². The van der Waals surface area contributed by atoms with Gasteiger partial charge in [-0.2, -0.15) is 0 Å². The molecule has 1 aromatic rings. The monoisotopic (exact) mass is 596 g/mol. The van der Waals surface area contributed by atoms with Crippen molar-refractivity contribution in [2.24, 2.45) is 11.7 Å². The number of hydrogen-bond acceptors (Lipinski definition) is 10. The smallest absolute Gasteiger partial charge is 0.328 e. The van der Waals surface area contributed by atoms with E-state index in [0.717, 1.165) is 0 Å². The molecule has 1 rings (SSSR count). The molecule has 16 nitrogen and oxygen atoms in total. The molecule has 5 amide bonds. The predicted octanol–water partition coefficient (Wildman–Crippen LogP) is -4.28. The highest BCUT2D eigenvalue weighted by Gasteiger charge is 2.32. The molecule has 0 saturated carbocycles. The number of carbonyl (C=O) groups is 6. The van der Waals surface area contributed by atoms with Gasteiger partial charge in [0.05, 0.1) is 26.4 Å². The van der Waals surface area contributed by atoms with Gasteiger partial charge in [-0.1, -0.05) is 44.2 Å². The van der Waals surface area contributed by atoms with E-state index in [1.54, 1.807) is 44.2 Å². The highest BCUT2D eigenvalue weighted by atomic mass is 16.4. The van der Waals surface area contributed by atoms with Gasteiger partial charge in [0.1, 0.15) is 30.2 Å². The average Bonchev–Trinajstić information content (AvgIpc) is 2.96. The van der Waals surface area contributed by atoms with Gasteiger partial charge in [0.15, 0.2) is 0 Å². The van der Waals surface area contributed by atoms with Gasteiger partial charge >= 0.3 is 5.97 Å². The van der Waals surface area contributed by atoms with Crippen molar-refractivity contribution in [1.29, 1.82) is 0 Å². The van der Waals surface area contributed by atoms with Crippen molar-refractivity contribution < 1.29 is 49.2 Å². The molecule has 16 heteroatoms. The molecule has 234 valence electrons. The van der Waals surface area contributed by atoms with Gasteiger partial charge in [-0.3, -0.25) is 24.0 Å². The first-order chi connectivity index (χ1) is 19.9. The highest BCUT2D eigenvalue weighted by molar-refractivity contribution is 5.96. The van der Waals surface area contributed by atoms with Crippen molar-refractivity contribution >= 4 is 35.5 Å². The fraction of sp³-hybridized carbons (Fsp3) is 0.538. The standard InChI is InChI=1S/C26H40N6O10/c1-14(2)8-16(22(37)32-20(13-35)26(41)42)29-23(38)17(9-15-6-4-3-5-7-15)30-25(40)19(12-34)31-24(39)18(11-33)28-21(36)10-27/h3-7,14,16-20,33-35H,8-13,27H2,1-2H3,(H,28,36)(H,29,38)(H,30,40)(H,31,39)(H,32,37)(H,41,42)/t16-,17-,18-,19-,20-/m0/s1. The third-order valence-corrected chi connectivity index (χ3v) is 5.89. The lowest BCUT2D eigenvalue weighted by molar-refractivity contribution is -0.143. The summed E-state index contributed by atoms with van der Waals surface area (Å²) in [6, 6.07) is 1.28. The van der Waals surface area contributed by atoms with E-state index in [1.165, 1.54) is 0 Å². The van der Waals surface area contributed by atoms with Gasteiger partial charge in [-0.25, -0.2) is 4.79 Å². The van der Waals surface area contributed by atoms with Gasteiger partial charge < -0.3 is 52.7 Å². The Hall–Kier alpha value is -4.12. The van der Waals surface area contributed by atoms with Gasteiger partial charge in [0, 0.05) is 6.42 Å². The maximum Gasteiger partial charge on any atom is 0.328 e. The number of nitrogens with one attached hydrogen (secondary N) is 5. The SMILES string of the molecule is CC(C)C[C@H](NC(=O)[C@H](Cc1ccccc1)NC(=O)[C@H](CO)NC(=O)[C@H](CO)NC(=O)CN)C(=O)N[C@@H](CO)C(=O)O. The maximum atomic E-state index is 13.4.